The number of esters is 1. The zero-order valence-electron chi connectivity index (χ0n) is 16.5. The van der Waals surface area contributed by atoms with Gasteiger partial charge in [0.05, 0.1) is 19.8 Å². The summed E-state index contributed by atoms with van der Waals surface area (Å²) in [5.41, 5.74) is 0. The number of carbonyl (C=O) groups excluding carboxylic acids is 2. The van der Waals surface area contributed by atoms with Crippen LogP contribution in [0.4, 0.5) is 4.79 Å². The van der Waals surface area contributed by atoms with Gasteiger partial charge in [-0.3, -0.25) is 9.69 Å². The number of carbonyl (C=O) groups is 2. The van der Waals surface area contributed by atoms with Crippen LogP contribution in [0.3, 0.4) is 0 Å². The molecule has 0 radical (unpaired) electrons. The van der Waals surface area contributed by atoms with Gasteiger partial charge in [0, 0.05) is 45.8 Å². The van der Waals surface area contributed by atoms with Crippen molar-refractivity contribution in [3.63, 3.8) is 0 Å². The summed E-state index contributed by atoms with van der Waals surface area (Å²) in [5.74, 6) is 0.519. The van der Waals surface area contributed by atoms with Crippen LogP contribution in [0.1, 0.15) is 39.5 Å². The van der Waals surface area contributed by atoms with Crippen LogP contribution in [-0.4, -0.2) is 92.3 Å². The summed E-state index contributed by atoms with van der Waals surface area (Å²) >= 11 is 0. The second-order valence-corrected chi connectivity index (χ2v) is 7.28. The first-order valence-electron chi connectivity index (χ1n) is 10.1. The Bertz CT molecular complexity index is 431. The summed E-state index contributed by atoms with van der Waals surface area (Å²) in [6.45, 7) is 11.8. The second kappa shape index (κ2) is 11.4. The van der Waals surface area contributed by atoms with E-state index in [1.807, 2.05) is 11.8 Å². The summed E-state index contributed by atoms with van der Waals surface area (Å²) in [6.07, 6.45) is 3.93. The van der Waals surface area contributed by atoms with Gasteiger partial charge in [0.25, 0.3) is 0 Å². The number of hydrogen-bond donors (Lipinski definition) is 0. The van der Waals surface area contributed by atoms with E-state index < -0.39 is 0 Å². The number of unbranched alkanes of at least 4 members (excludes halogenated alkanes) is 1. The van der Waals surface area contributed by atoms with E-state index in [1.165, 1.54) is 0 Å². The Hall–Kier alpha value is -1.34. The van der Waals surface area contributed by atoms with Crippen LogP contribution in [0.2, 0.25) is 0 Å². The molecule has 7 heteroatoms. The largest absolute Gasteiger partial charge is 0.465 e. The Kier molecular flexibility index (Phi) is 9.18. The van der Waals surface area contributed by atoms with Gasteiger partial charge in [-0.25, -0.2) is 4.79 Å². The summed E-state index contributed by atoms with van der Waals surface area (Å²) in [5, 5.41) is 0. The lowest BCUT2D eigenvalue weighted by Crippen LogP contribution is -2.50. The molecule has 0 aliphatic carbocycles. The molecule has 0 aromatic heterocycles. The molecule has 2 aliphatic heterocycles. The minimum Gasteiger partial charge on any atom is -0.465 e. The minimum absolute atomic E-state index is 0.126. The van der Waals surface area contributed by atoms with Gasteiger partial charge >= 0.3 is 12.1 Å². The molecular formula is C19H35N3O4. The van der Waals surface area contributed by atoms with E-state index >= 15 is 0 Å². The Morgan fingerprint density at radius 2 is 1.58 bits per heavy atom. The molecule has 2 heterocycles. The van der Waals surface area contributed by atoms with E-state index in [-0.39, 0.29) is 12.1 Å². The Labute approximate surface area is 157 Å². The standard InChI is InChI=1S/C19H35N3O4/c1-3-5-14-26-19(24)22-8-6-17(7-9-22)15-20-10-12-21(13-11-20)16-18(23)25-4-2/h17H,3-16H2,1-2H3. The van der Waals surface area contributed by atoms with Crippen molar-refractivity contribution in [3.05, 3.63) is 0 Å². The first-order chi connectivity index (χ1) is 12.6. The average molecular weight is 370 g/mol. The Balaban J connectivity index is 1.60. The van der Waals surface area contributed by atoms with Crippen molar-refractivity contribution in [3.8, 4) is 0 Å². The summed E-state index contributed by atoms with van der Waals surface area (Å²) in [6, 6.07) is 0. The van der Waals surface area contributed by atoms with Gasteiger partial charge in [-0.1, -0.05) is 13.3 Å². The summed E-state index contributed by atoms with van der Waals surface area (Å²) in [4.78, 5) is 30.1. The van der Waals surface area contributed by atoms with E-state index in [4.69, 9.17) is 9.47 Å². The number of amides is 1. The van der Waals surface area contributed by atoms with Gasteiger partial charge in [0.2, 0.25) is 0 Å². The molecule has 0 aromatic rings. The van der Waals surface area contributed by atoms with Crippen LogP contribution >= 0.6 is 0 Å². The van der Waals surface area contributed by atoms with E-state index in [2.05, 4.69) is 16.7 Å². The van der Waals surface area contributed by atoms with Gasteiger partial charge in [0.15, 0.2) is 0 Å². The predicted octanol–water partition coefficient (Wildman–Crippen LogP) is 1.82. The quantitative estimate of drug-likeness (QED) is 0.480. The molecule has 0 bridgehead atoms. The molecule has 150 valence electrons. The lowest BCUT2D eigenvalue weighted by atomic mass is 9.96. The number of piperazine rings is 1. The van der Waals surface area contributed by atoms with Crippen molar-refractivity contribution in [2.24, 2.45) is 5.92 Å². The van der Waals surface area contributed by atoms with Crippen molar-refractivity contribution in [2.45, 2.75) is 39.5 Å². The van der Waals surface area contributed by atoms with Crippen LogP contribution in [-0.2, 0) is 14.3 Å². The first-order valence-corrected chi connectivity index (χ1v) is 10.1. The molecular weight excluding hydrogens is 334 g/mol. The van der Waals surface area contributed by atoms with Crippen molar-refractivity contribution >= 4 is 12.1 Å². The molecule has 2 saturated heterocycles. The summed E-state index contributed by atoms with van der Waals surface area (Å²) < 4.78 is 10.3. The highest BCUT2D eigenvalue weighted by molar-refractivity contribution is 5.71. The van der Waals surface area contributed by atoms with Crippen LogP contribution in [0.25, 0.3) is 0 Å². The van der Waals surface area contributed by atoms with E-state index in [0.29, 0.717) is 25.7 Å². The zero-order chi connectivity index (χ0) is 18.8. The van der Waals surface area contributed by atoms with Crippen LogP contribution in [0.15, 0.2) is 0 Å². The maximum absolute atomic E-state index is 12.0. The molecule has 1 amide bonds. The molecule has 2 aliphatic rings. The number of hydrogen-bond acceptors (Lipinski definition) is 6. The number of ether oxygens (including phenoxy) is 2. The third-order valence-electron chi connectivity index (χ3n) is 5.24. The van der Waals surface area contributed by atoms with Crippen molar-refractivity contribution in [2.75, 3.05) is 65.6 Å². The van der Waals surface area contributed by atoms with Gasteiger partial charge in [0.1, 0.15) is 0 Å². The molecule has 2 fully saturated rings. The van der Waals surface area contributed by atoms with Gasteiger partial charge in [-0.15, -0.1) is 0 Å². The van der Waals surface area contributed by atoms with E-state index in [9.17, 15) is 9.59 Å². The molecule has 26 heavy (non-hydrogen) atoms. The normalized spacial score (nSPS) is 20.2. The highest BCUT2D eigenvalue weighted by Crippen LogP contribution is 2.20. The zero-order valence-corrected chi connectivity index (χ0v) is 16.5. The van der Waals surface area contributed by atoms with Crippen molar-refractivity contribution in [1.29, 1.82) is 0 Å². The van der Waals surface area contributed by atoms with Crippen molar-refractivity contribution in [1.82, 2.24) is 14.7 Å². The molecule has 0 atom stereocenters. The van der Waals surface area contributed by atoms with E-state index in [1.54, 1.807) is 0 Å². The number of rotatable bonds is 8. The van der Waals surface area contributed by atoms with Gasteiger partial charge in [-0.05, 0) is 32.1 Å². The predicted molar refractivity (Wildman–Crippen MR) is 100 cm³/mol. The molecule has 0 unspecified atom stereocenters. The van der Waals surface area contributed by atoms with Crippen LogP contribution in [0, 0.1) is 5.92 Å². The smallest absolute Gasteiger partial charge is 0.409 e. The fraction of sp³-hybridized carbons (Fsp3) is 0.895. The molecule has 2 rings (SSSR count). The lowest BCUT2D eigenvalue weighted by molar-refractivity contribution is -0.144. The molecule has 0 N–H and O–H groups in total. The first kappa shape index (κ1) is 21.0. The Morgan fingerprint density at radius 3 is 2.19 bits per heavy atom. The molecule has 0 aromatic carbocycles. The van der Waals surface area contributed by atoms with Gasteiger partial charge in [-0.2, -0.15) is 0 Å². The maximum atomic E-state index is 12.0. The SMILES string of the molecule is CCCCOC(=O)N1CCC(CN2CCN(CC(=O)OCC)CC2)CC1. The summed E-state index contributed by atoms with van der Waals surface area (Å²) in [7, 11) is 0. The molecule has 0 spiro atoms. The Morgan fingerprint density at radius 1 is 0.923 bits per heavy atom. The minimum atomic E-state index is -0.149. The maximum Gasteiger partial charge on any atom is 0.409 e. The monoisotopic (exact) mass is 369 g/mol. The third-order valence-corrected chi connectivity index (χ3v) is 5.24. The van der Waals surface area contributed by atoms with E-state index in [0.717, 1.165) is 71.5 Å². The van der Waals surface area contributed by atoms with Crippen molar-refractivity contribution < 1.29 is 19.1 Å². The topological polar surface area (TPSA) is 62.3 Å². The fourth-order valence-corrected chi connectivity index (χ4v) is 3.58. The van der Waals surface area contributed by atoms with Gasteiger partial charge < -0.3 is 19.3 Å². The fourth-order valence-electron chi connectivity index (χ4n) is 3.58. The third kappa shape index (κ3) is 7.11. The lowest BCUT2D eigenvalue weighted by Gasteiger charge is -2.38. The highest BCUT2D eigenvalue weighted by Gasteiger charge is 2.26. The number of likely N-dealkylation sites (tertiary alicyclic amines) is 1. The highest BCUT2D eigenvalue weighted by atomic mass is 16.6. The number of piperidine rings is 1. The second-order valence-electron chi connectivity index (χ2n) is 7.28. The average Bonchev–Trinajstić information content (AvgIpc) is 2.64. The molecule has 7 nitrogen and oxygen atoms in total. The van der Waals surface area contributed by atoms with Crippen LogP contribution < -0.4 is 0 Å². The molecule has 0 saturated carbocycles. The van der Waals surface area contributed by atoms with Crippen LogP contribution in [0.5, 0.6) is 0 Å². The number of nitrogens with zero attached hydrogens (tertiary/aromatic N) is 3.